The van der Waals surface area contributed by atoms with Crippen LogP contribution in [0.4, 0.5) is 5.13 Å². The van der Waals surface area contributed by atoms with Crippen LogP contribution in [0.25, 0.3) is 0 Å². The van der Waals surface area contributed by atoms with E-state index < -0.39 is 11.2 Å². The molecule has 0 saturated carbocycles. The van der Waals surface area contributed by atoms with Gasteiger partial charge in [-0.2, -0.15) is 0 Å². The van der Waals surface area contributed by atoms with E-state index in [9.17, 15) is 4.79 Å². The third-order valence-electron chi connectivity index (χ3n) is 1.67. The van der Waals surface area contributed by atoms with E-state index in [1.807, 2.05) is 25.9 Å². The maximum absolute atomic E-state index is 10.8. The standard InChI is InChI=1S/C8H13N3O2S2/c1-4-5(6(12)13)14-8-10-9-7(15-8)11(2)3/h5H,4H2,1-3H3,(H,12,13). The van der Waals surface area contributed by atoms with Crippen LogP contribution in [0.1, 0.15) is 13.3 Å². The summed E-state index contributed by atoms with van der Waals surface area (Å²) >= 11 is 2.66. The van der Waals surface area contributed by atoms with Crippen LogP contribution in [-0.2, 0) is 4.79 Å². The number of nitrogens with zero attached hydrogens (tertiary/aromatic N) is 3. The molecule has 0 aliphatic heterocycles. The number of aromatic nitrogens is 2. The normalized spacial score (nSPS) is 12.5. The molecule has 0 aliphatic carbocycles. The van der Waals surface area contributed by atoms with Crippen LogP contribution in [0.3, 0.4) is 0 Å². The van der Waals surface area contributed by atoms with Gasteiger partial charge in [0, 0.05) is 14.1 Å². The Kier molecular flexibility index (Phi) is 4.34. The van der Waals surface area contributed by atoms with Gasteiger partial charge in [0.05, 0.1) is 0 Å². The highest BCUT2D eigenvalue weighted by molar-refractivity contribution is 8.02. The lowest BCUT2D eigenvalue weighted by molar-refractivity contribution is -0.136. The van der Waals surface area contributed by atoms with E-state index in [4.69, 9.17) is 5.11 Å². The fraction of sp³-hybridized carbons (Fsp3) is 0.625. The first-order valence-electron chi connectivity index (χ1n) is 4.45. The summed E-state index contributed by atoms with van der Waals surface area (Å²) in [4.78, 5) is 12.7. The summed E-state index contributed by atoms with van der Waals surface area (Å²) in [7, 11) is 3.76. The Labute approximate surface area is 96.5 Å². The molecular weight excluding hydrogens is 234 g/mol. The number of carbonyl (C=O) groups is 1. The van der Waals surface area contributed by atoms with E-state index in [2.05, 4.69) is 10.2 Å². The molecule has 0 spiro atoms. The van der Waals surface area contributed by atoms with Crippen LogP contribution in [0.15, 0.2) is 4.34 Å². The Balaban J connectivity index is 2.67. The third kappa shape index (κ3) is 3.35. The Morgan fingerprint density at radius 3 is 2.67 bits per heavy atom. The second-order valence-corrected chi connectivity index (χ2v) is 5.50. The average Bonchev–Trinajstić information content (AvgIpc) is 2.61. The first kappa shape index (κ1) is 12.3. The summed E-state index contributed by atoms with van der Waals surface area (Å²) in [5.74, 6) is -0.802. The molecule has 5 nitrogen and oxygen atoms in total. The Hall–Kier alpha value is -0.820. The van der Waals surface area contributed by atoms with Gasteiger partial charge >= 0.3 is 5.97 Å². The number of thioether (sulfide) groups is 1. The number of anilines is 1. The summed E-state index contributed by atoms with van der Waals surface area (Å²) in [6.07, 6.45) is 0.580. The van der Waals surface area contributed by atoms with Crippen molar-refractivity contribution in [2.24, 2.45) is 0 Å². The second-order valence-electron chi connectivity index (χ2n) is 3.10. The van der Waals surface area contributed by atoms with Crippen molar-refractivity contribution in [2.45, 2.75) is 22.9 Å². The van der Waals surface area contributed by atoms with Crippen molar-refractivity contribution in [2.75, 3.05) is 19.0 Å². The molecule has 7 heteroatoms. The highest BCUT2D eigenvalue weighted by Gasteiger charge is 2.19. The number of carboxylic acid groups (broad SMARTS) is 1. The molecule has 15 heavy (non-hydrogen) atoms. The lowest BCUT2D eigenvalue weighted by atomic mass is 10.3. The summed E-state index contributed by atoms with van der Waals surface area (Å²) in [6.45, 7) is 1.85. The number of rotatable bonds is 5. The van der Waals surface area contributed by atoms with E-state index >= 15 is 0 Å². The van der Waals surface area contributed by atoms with Gasteiger partial charge in [0.1, 0.15) is 5.25 Å². The molecule has 0 aromatic carbocycles. The van der Waals surface area contributed by atoms with Crippen LogP contribution >= 0.6 is 23.1 Å². The number of hydrogen-bond donors (Lipinski definition) is 1. The van der Waals surface area contributed by atoms with Crippen molar-refractivity contribution in [3.63, 3.8) is 0 Å². The fourth-order valence-electron chi connectivity index (χ4n) is 0.861. The Bertz CT molecular complexity index is 340. The van der Waals surface area contributed by atoms with Crippen LogP contribution in [0, 0.1) is 0 Å². The summed E-state index contributed by atoms with van der Waals surface area (Å²) in [5.41, 5.74) is 0. The van der Waals surface area contributed by atoms with E-state index in [1.165, 1.54) is 23.1 Å². The summed E-state index contributed by atoms with van der Waals surface area (Å²) < 4.78 is 0.702. The lowest BCUT2D eigenvalue weighted by Gasteiger charge is -2.06. The highest BCUT2D eigenvalue weighted by atomic mass is 32.2. The van der Waals surface area contributed by atoms with Crippen LogP contribution < -0.4 is 4.90 Å². The molecule has 1 N–H and O–H groups in total. The van der Waals surface area contributed by atoms with E-state index in [-0.39, 0.29) is 0 Å². The van der Waals surface area contributed by atoms with Crippen molar-refractivity contribution in [1.82, 2.24) is 10.2 Å². The first-order valence-corrected chi connectivity index (χ1v) is 6.14. The van der Waals surface area contributed by atoms with Gasteiger partial charge in [-0.25, -0.2) is 0 Å². The number of aliphatic carboxylic acids is 1. The van der Waals surface area contributed by atoms with Gasteiger partial charge in [-0.1, -0.05) is 30.0 Å². The molecular formula is C8H13N3O2S2. The van der Waals surface area contributed by atoms with Gasteiger partial charge in [-0.15, -0.1) is 10.2 Å². The molecule has 84 valence electrons. The molecule has 1 atom stereocenters. The summed E-state index contributed by atoms with van der Waals surface area (Å²) in [6, 6.07) is 0. The molecule has 1 unspecified atom stereocenters. The molecule has 1 heterocycles. The molecule has 1 aromatic heterocycles. The smallest absolute Gasteiger partial charge is 0.317 e. The van der Waals surface area contributed by atoms with Gasteiger partial charge in [0.15, 0.2) is 4.34 Å². The van der Waals surface area contributed by atoms with Gasteiger partial charge in [0.25, 0.3) is 0 Å². The van der Waals surface area contributed by atoms with Gasteiger partial charge in [0.2, 0.25) is 5.13 Å². The van der Waals surface area contributed by atoms with Gasteiger partial charge < -0.3 is 10.0 Å². The van der Waals surface area contributed by atoms with Crippen molar-refractivity contribution < 1.29 is 9.90 Å². The highest BCUT2D eigenvalue weighted by Crippen LogP contribution is 2.31. The minimum absolute atomic E-state index is 0.437. The van der Waals surface area contributed by atoms with Crippen LogP contribution in [0.5, 0.6) is 0 Å². The molecule has 1 aromatic rings. The zero-order chi connectivity index (χ0) is 11.4. The zero-order valence-corrected chi connectivity index (χ0v) is 10.4. The maximum Gasteiger partial charge on any atom is 0.317 e. The van der Waals surface area contributed by atoms with Crippen molar-refractivity contribution in [1.29, 1.82) is 0 Å². The lowest BCUT2D eigenvalue weighted by Crippen LogP contribution is -2.14. The minimum atomic E-state index is -0.802. The minimum Gasteiger partial charge on any atom is -0.480 e. The average molecular weight is 247 g/mol. The zero-order valence-electron chi connectivity index (χ0n) is 8.80. The van der Waals surface area contributed by atoms with E-state index in [0.717, 1.165) is 5.13 Å². The van der Waals surface area contributed by atoms with Crippen LogP contribution in [0.2, 0.25) is 0 Å². The molecule has 0 amide bonds. The van der Waals surface area contributed by atoms with Crippen molar-refractivity contribution >= 4 is 34.2 Å². The maximum atomic E-state index is 10.8. The number of hydrogen-bond acceptors (Lipinski definition) is 6. The molecule has 1 rings (SSSR count). The largest absolute Gasteiger partial charge is 0.480 e. The van der Waals surface area contributed by atoms with Gasteiger partial charge in [-0.3, -0.25) is 4.79 Å². The van der Waals surface area contributed by atoms with Crippen molar-refractivity contribution in [3.05, 3.63) is 0 Å². The third-order valence-corrected chi connectivity index (χ3v) is 4.19. The molecule has 0 aliphatic rings. The number of carboxylic acids is 1. The Morgan fingerprint density at radius 2 is 2.27 bits per heavy atom. The first-order chi connectivity index (χ1) is 7.04. The van der Waals surface area contributed by atoms with Crippen molar-refractivity contribution in [3.8, 4) is 0 Å². The quantitative estimate of drug-likeness (QED) is 0.796. The SMILES string of the molecule is CCC(Sc1nnc(N(C)C)s1)C(=O)O. The second kappa shape index (κ2) is 5.32. The molecule has 0 radical (unpaired) electrons. The predicted molar refractivity (Wildman–Crippen MR) is 61.8 cm³/mol. The monoisotopic (exact) mass is 247 g/mol. The topological polar surface area (TPSA) is 66.3 Å². The molecule has 0 fully saturated rings. The Morgan fingerprint density at radius 1 is 1.60 bits per heavy atom. The van der Waals surface area contributed by atoms with E-state index in [0.29, 0.717) is 10.8 Å². The predicted octanol–water partition coefficient (Wildman–Crippen LogP) is 1.56. The molecule has 0 bridgehead atoms. The van der Waals surface area contributed by atoms with Gasteiger partial charge in [-0.05, 0) is 6.42 Å². The van der Waals surface area contributed by atoms with Crippen LogP contribution in [-0.4, -0.2) is 40.6 Å². The summed E-state index contributed by atoms with van der Waals surface area (Å²) in [5, 5.41) is 17.1. The fourth-order valence-corrected chi connectivity index (χ4v) is 2.73. The van der Waals surface area contributed by atoms with E-state index in [1.54, 1.807) is 0 Å². The molecule has 0 saturated heterocycles.